The SMILES string of the molecule is CN1CCc2nc(NN(C)C)sc2C1. The zero-order valence-corrected chi connectivity index (χ0v) is 9.69. The highest BCUT2D eigenvalue weighted by Crippen LogP contribution is 2.27. The number of rotatable bonds is 2. The molecule has 1 N–H and O–H groups in total. The van der Waals surface area contributed by atoms with Gasteiger partial charge in [0.15, 0.2) is 5.13 Å². The topological polar surface area (TPSA) is 31.4 Å². The smallest absolute Gasteiger partial charge is 0.197 e. The van der Waals surface area contributed by atoms with Crippen molar-refractivity contribution < 1.29 is 0 Å². The Balaban J connectivity index is 2.15. The molecule has 0 bridgehead atoms. The average Bonchev–Trinajstić information content (AvgIpc) is 2.44. The van der Waals surface area contributed by atoms with E-state index >= 15 is 0 Å². The van der Waals surface area contributed by atoms with Crippen LogP contribution in [0.15, 0.2) is 0 Å². The van der Waals surface area contributed by atoms with Gasteiger partial charge in [-0.1, -0.05) is 11.3 Å². The second-order valence-corrected chi connectivity index (χ2v) is 4.97. The summed E-state index contributed by atoms with van der Waals surface area (Å²) < 4.78 is 0. The highest BCUT2D eigenvalue weighted by atomic mass is 32.1. The number of likely N-dealkylation sites (N-methyl/N-ethyl adjacent to an activating group) is 1. The Morgan fingerprint density at radius 1 is 1.50 bits per heavy atom. The Hall–Kier alpha value is -0.650. The molecule has 14 heavy (non-hydrogen) atoms. The summed E-state index contributed by atoms with van der Waals surface area (Å²) >= 11 is 1.76. The average molecular weight is 212 g/mol. The molecule has 1 aromatic rings. The largest absolute Gasteiger partial charge is 0.301 e. The zero-order chi connectivity index (χ0) is 10.1. The number of aromatic nitrogens is 1. The fraction of sp³-hybridized carbons (Fsp3) is 0.667. The maximum atomic E-state index is 4.56. The molecule has 0 aliphatic carbocycles. The van der Waals surface area contributed by atoms with Gasteiger partial charge in [0.25, 0.3) is 0 Å². The molecular weight excluding hydrogens is 196 g/mol. The van der Waals surface area contributed by atoms with Gasteiger partial charge in [-0.05, 0) is 7.05 Å². The molecule has 0 atom stereocenters. The van der Waals surface area contributed by atoms with E-state index in [1.807, 2.05) is 19.1 Å². The Morgan fingerprint density at radius 2 is 2.29 bits per heavy atom. The summed E-state index contributed by atoms with van der Waals surface area (Å²) in [4.78, 5) is 8.30. The minimum absolute atomic E-state index is 1.01. The zero-order valence-electron chi connectivity index (χ0n) is 8.87. The van der Waals surface area contributed by atoms with Crippen molar-refractivity contribution in [2.75, 3.05) is 33.1 Å². The van der Waals surface area contributed by atoms with E-state index in [1.54, 1.807) is 11.3 Å². The number of hydrogen-bond acceptors (Lipinski definition) is 5. The molecule has 0 spiro atoms. The third-order valence-corrected chi connectivity index (χ3v) is 3.23. The van der Waals surface area contributed by atoms with Gasteiger partial charge in [-0.15, -0.1) is 0 Å². The Labute approximate surface area is 88.5 Å². The fourth-order valence-electron chi connectivity index (χ4n) is 1.56. The van der Waals surface area contributed by atoms with E-state index in [0.29, 0.717) is 0 Å². The molecule has 0 amide bonds. The fourth-order valence-corrected chi connectivity index (χ4v) is 2.73. The Bertz CT molecular complexity index is 321. The summed E-state index contributed by atoms with van der Waals surface area (Å²) in [5, 5.41) is 2.93. The molecular formula is C9H16N4S. The van der Waals surface area contributed by atoms with Crippen molar-refractivity contribution in [3.63, 3.8) is 0 Å². The molecule has 5 heteroatoms. The summed E-state index contributed by atoms with van der Waals surface area (Å²) in [7, 11) is 6.11. The molecule has 1 aliphatic heterocycles. The second kappa shape index (κ2) is 3.84. The molecule has 2 rings (SSSR count). The molecule has 1 aliphatic rings. The van der Waals surface area contributed by atoms with Crippen molar-refractivity contribution in [3.8, 4) is 0 Å². The summed E-state index contributed by atoms with van der Waals surface area (Å²) in [6, 6.07) is 0. The maximum absolute atomic E-state index is 4.56. The van der Waals surface area contributed by atoms with Gasteiger partial charge in [-0.2, -0.15) is 0 Å². The van der Waals surface area contributed by atoms with Crippen molar-refractivity contribution in [2.45, 2.75) is 13.0 Å². The molecule has 0 saturated carbocycles. The van der Waals surface area contributed by atoms with E-state index in [-0.39, 0.29) is 0 Å². The van der Waals surface area contributed by atoms with Crippen molar-refractivity contribution in [1.29, 1.82) is 0 Å². The van der Waals surface area contributed by atoms with Crippen molar-refractivity contribution in [2.24, 2.45) is 0 Å². The lowest BCUT2D eigenvalue weighted by Gasteiger charge is -2.20. The first-order chi connectivity index (χ1) is 6.65. The van der Waals surface area contributed by atoms with E-state index in [4.69, 9.17) is 0 Å². The van der Waals surface area contributed by atoms with Gasteiger partial charge < -0.3 is 4.90 Å². The van der Waals surface area contributed by atoms with Crippen LogP contribution < -0.4 is 5.43 Å². The number of hydrazine groups is 1. The summed E-state index contributed by atoms with van der Waals surface area (Å²) in [6.07, 6.45) is 1.08. The predicted octanol–water partition coefficient (Wildman–Crippen LogP) is 1.02. The van der Waals surface area contributed by atoms with E-state index in [1.165, 1.54) is 10.6 Å². The van der Waals surface area contributed by atoms with Crippen LogP contribution in [0.4, 0.5) is 5.13 Å². The summed E-state index contributed by atoms with van der Waals surface area (Å²) in [5.74, 6) is 0. The Kier molecular flexibility index (Phi) is 2.71. The van der Waals surface area contributed by atoms with Crippen LogP contribution in [0.3, 0.4) is 0 Å². The Morgan fingerprint density at radius 3 is 3.00 bits per heavy atom. The molecule has 1 aromatic heterocycles. The normalized spacial score (nSPS) is 17.1. The summed E-state index contributed by atoms with van der Waals surface area (Å²) in [5.41, 5.74) is 4.47. The molecule has 0 unspecified atom stereocenters. The standard InChI is InChI=1S/C9H16N4S/c1-12(2)11-9-10-7-4-5-13(3)6-8(7)14-9/h4-6H2,1-3H3,(H,10,11). The van der Waals surface area contributed by atoms with Gasteiger partial charge in [0.1, 0.15) is 0 Å². The van der Waals surface area contributed by atoms with Crippen LogP contribution in [0.1, 0.15) is 10.6 Å². The van der Waals surface area contributed by atoms with Gasteiger partial charge in [-0.3, -0.25) is 5.43 Å². The molecule has 2 heterocycles. The molecule has 0 radical (unpaired) electrons. The monoisotopic (exact) mass is 212 g/mol. The van der Waals surface area contributed by atoms with Crippen LogP contribution in [-0.2, 0) is 13.0 Å². The lowest BCUT2D eigenvalue weighted by Crippen LogP contribution is -2.25. The van der Waals surface area contributed by atoms with Gasteiger partial charge >= 0.3 is 0 Å². The quantitative estimate of drug-likeness (QED) is 0.742. The second-order valence-electron chi connectivity index (χ2n) is 3.88. The number of fused-ring (bicyclic) bond motifs is 1. The molecule has 78 valence electrons. The minimum Gasteiger partial charge on any atom is -0.301 e. The molecule has 0 fully saturated rings. The molecule has 0 aromatic carbocycles. The van der Waals surface area contributed by atoms with Gasteiger partial charge in [0, 0.05) is 38.5 Å². The number of nitrogens with zero attached hydrogens (tertiary/aromatic N) is 3. The number of thiazole rings is 1. The van der Waals surface area contributed by atoms with Crippen LogP contribution in [-0.4, -0.2) is 42.6 Å². The van der Waals surface area contributed by atoms with E-state index in [0.717, 1.165) is 24.6 Å². The van der Waals surface area contributed by atoms with Crippen LogP contribution in [0, 0.1) is 0 Å². The number of nitrogens with one attached hydrogen (secondary N) is 1. The first-order valence-electron chi connectivity index (χ1n) is 4.76. The first-order valence-corrected chi connectivity index (χ1v) is 5.58. The third kappa shape index (κ3) is 2.05. The van der Waals surface area contributed by atoms with E-state index in [9.17, 15) is 0 Å². The van der Waals surface area contributed by atoms with Crippen LogP contribution in [0.2, 0.25) is 0 Å². The highest BCUT2D eigenvalue weighted by molar-refractivity contribution is 7.15. The molecule has 0 saturated heterocycles. The maximum Gasteiger partial charge on any atom is 0.197 e. The predicted molar refractivity (Wildman–Crippen MR) is 59.5 cm³/mol. The van der Waals surface area contributed by atoms with Crippen LogP contribution in [0.25, 0.3) is 0 Å². The van der Waals surface area contributed by atoms with Crippen molar-refractivity contribution in [1.82, 2.24) is 14.9 Å². The van der Waals surface area contributed by atoms with Gasteiger partial charge in [0.2, 0.25) is 0 Å². The number of anilines is 1. The highest BCUT2D eigenvalue weighted by Gasteiger charge is 2.18. The first kappa shape index (κ1) is 9.89. The lowest BCUT2D eigenvalue weighted by molar-refractivity contribution is 0.314. The van der Waals surface area contributed by atoms with Gasteiger partial charge in [0.05, 0.1) is 5.69 Å². The number of hydrogen-bond donors (Lipinski definition) is 1. The summed E-state index contributed by atoms with van der Waals surface area (Å²) in [6.45, 7) is 2.17. The van der Waals surface area contributed by atoms with E-state index < -0.39 is 0 Å². The van der Waals surface area contributed by atoms with Gasteiger partial charge in [-0.25, -0.2) is 9.99 Å². The molecule has 4 nitrogen and oxygen atoms in total. The van der Waals surface area contributed by atoms with Crippen LogP contribution >= 0.6 is 11.3 Å². The van der Waals surface area contributed by atoms with E-state index in [2.05, 4.69) is 22.4 Å². The van der Waals surface area contributed by atoms with Crippen LogP contribution in [0.5, 0.6) is 0 Å². The van der Waals surface area contributed by atoms with Crippen molar-refractivity contribution >= 4 is 16.5 Å². The lowest BCUT2D eigenvalue weighted by atomic mass is 10.2. The van der Waals surface area contributed by atoms with Crippen molar-refractivity contribution in [3.05, 3.63) is 10.6 Å². The minimum atomic E-state index is 1.01. The third-order valence-electron chi connectivity index (χ3n) is 2.24.